The molecule has 0 fully saturated rings. The number of H-pyrrole nitrogens is 1. The van der Waals surface area contributed by atoms with E-state index in [9.17, 15) is 9.59 Å². The van der Waals surface area contributed by atoms with Crippen LogP contribution in [0.15, 0.2) is 9.32 Å². The van der Waals surface area contributed by atoms with Crippen molar-refractivity contribution in [1.29, 1.82) is 0 Å². The van der Waals surface area contributed by atoms with Gasteiger partial charge in [0.1, 0.15) is 0 Å². The Hall–Kier alpha value is -1.52. The largest absolute Gasteiger partial charge is 0.481 e. The summed E-state index contributed by atoms with van der Waals surface area (Å²) in [4.78, 5) is 21.2. The zero-order valence-corrected chi connectivity index (χ0v) is 6.59. The monoisotopic (exact) mass is 171 g/mol. The second-order valence-electron chi connectivity index (χ2n) is 2.37. The Labute approximate surface area is 68.0 Å². The first-order valence-corrected chi connectivity index (χ1v) is 3.56. The second-order valence-corrected chi connectivity index (χ2v) is 2.37. The molecule has 1 aromatic rings. The Morgan fingerprint density at radius 2 is 2.33 bits per heavy atom. The zero-order chi connectivity index (χ0) is 9.14. The van der Waals surface area contributed by atoms with Crippen LogP contribution in [0.4, 0.5) is 0 Å². The smallest absolute Gasteiger partial charge is 0.361 e. The SMILES string of the molecule is CCc1[nH]oc(=O)c1CC(=O)O. The van der Waals surface area contributed by atoms with Gasteiger partial charge in [-0.2, -0.15) is 0 Å². The van der Waals surface area contributed by atoms with Gasteiger partial charge in [0.2, 0.25) is 0 Å². The fraction of sp³-hybridized carbons (Fsp3) is 0.429. The van der Waals surface area contributed by atoms with Crippen LogP contribution in [0.1, 0.15) is 18.2 Å². The van der Waals surface area contributed by atoms with Crippen molar-refractivity contribution in [2.75, 3.05) is 0 Å². The quantitative estimate of drug-likeness (QED) is 0.678. The average molecular weight is 171 g/mol. The first kappa shape index (κ1) is 8.58. The Kier molecular flexibility index (Phi) is 2.32. The lowest BCUT2D eigenvalue weighted by atomic mass is 10.1. The molecule has 5 nitrogen and oxygen atoms in total. The summed E-state index contributed by atoms with van der Waals surface area (Å²) in [6.45, 7) is 1.81. The molecule has 0 amide bonds. The lowest BCUT2D eigenvalue weighted by molar-refractivity contribution is -0.136. The molecule has 1 rings (SSSR count). The molecular formula is C7H9NO4. The third-order valence-corrected chi connectivity index (χ3v) is 1.56. The minimum absolute atomic E-state index is 0.213. The molecular weight excluding hydrogens is 162 g/mol. The minimum Gasteiger partial charge on any atom is -0.481 e. The molecule has 0 saturated heterocycles. The Bertz CT molecular complexity index is 335. The molecule has 0 aliphatic carbocycles. The normalized spacial score (nSPS) is 10.1. The van der Waals surface area contributed by atoms with Gasteiger partial charge in [0.15, 0.2) is 0 Å². The molecule has 5 heteroatoms. The van der Waals surface area contributed by atoms with Crippen molar-refractivity contribution in [3.8, 4) is 0 Å². The standard InChI is InChI=1S/C7H9NO4/c1-2-5-4(3-6(9)10)7(11)12-8-5/h8H,2-3H2,1H3,(H,9,10). The number of carbonyl (C=O) groups is 1. The van der Waals surface area contributed by atoms with Crippen molar-refractivity contribution >= 4 is 5.97 Å². The Balaban J connectivity index is 3.02. The maximum atomic E-state index is 10.9. The number of aryl methyl sites for hydroxylation is 1. The lowest BCUT2D eigenvalue weighted by Crippen LogP contribution is -2.10. The summed E-state index contributed by atoms with van der Waals surface area (Å²) < 4.78 is 4.44. The first-order valence-electron chi connectivity index (χ1n) is 3.56. The van der Waals surface area contributed by atoms with Crippen LogP contribution in [-0.4, -0.2) is 16.2 Å². The number of nitrogens with one attached hydrogen (secondary N) is 1. The predicted octanol–water partition coefficient (Wildman–Crippen LogP) is 0.157. The Morgan fingerprint density at radius 3 is 2.83 bits per heavy atom. The summed E-state index contributed by atoms with van der Waals surface area (Å²) in [7, 11) is 0. The van der Waals surface area contributed by atoms with E-state index in [4.69, 9.17) is 5.11 Å². The van der Waals surface area contributed by atoms with Crippen molar-refractivity contribution in [2.45, 2.75) is 19.8 Å². The van der Waals surface area contributed by atoms with Gasteiger partial charge in [-0.05, 0) is 6.42 Å². The maximum absolute atomic E-state index is 10.9. The molecule has 0 aliphatic rings. The highest BCUT2D eigenvalue weighted by Gasteiger charge is 2.13. The number of carboxylic acids is 1. The Morgan fingerprint density at radius 1 is 1.67 bits per heavy atom. The van der Waals surface area contributed by atoms with E-state index in [1.54, 1.807) is 0 Å². The number of hydrogen-bond donors (Lipinski definition) is 2. The number of aromatic nitrogens is 1. The average Bonchev–Trinajstić information content (AvgIpc) is 2.32. The molecule has 0 atom stereocenters. The summed E-state index contributed by atoms with van der Waals surface area (Å²) >= 11 is 0. The van der Waals surface area contributed by atoms with Gasteiger partial charge >= 0.3 is 11.6 Å². The van der Waals surface area contributed by atoms with E-state index in [0.29, 0.717) is 12.1 Å². The molecule has 0 spiro atoms. The van der Waals surface area contributed by atoms with Crippen LogP contribution in [-0.2, 0) is 17.6 Å². The van der Waals surface area contributed by atoms with E-state index in [-0.39, 0.29) is 12.0 Å². The first-order chi connectivity index (χ1) is 5.65. The maximum Gasteiger partial charge on any atom is 0.361 e. The minimum atomic E-state index is -1.03. The van der Waals surface area contributed by atoms with Crippen LogP contribution in [0.5, 0.6) is 0 Å². The molecule has 0 radical (unpaired) electrons. The van der Waals surface area contributed by atoms with Crippen LogP contribution in [0.25, 0.3) is 0 Å². The van der Waals surface area contributed by atoms with Crippen LogP contribution in [0.2, 0.25) is 0 Å². The van der Waals surface area contributed by atoms with Crippen molar-refractivity contribution < 1.29 is 14.4 Å². The topological polar surface area (TPSA) is 83.3 Å². The van der Waals surface area contributed by atoms with Crippen LogP contribution < -0.4 is 5.63 Å². The van der Waals surface area contributed by atoms with Crippen molar-refractivity contribution in [2.24, 2.45) is 0 Å². The van der Waals surface area contributed by atoms with E-state index in [1.807, 2.05) is 6.92 Å². The van der Waals surface area contributed by atoms with Gasteiger partial charge in [-0.15, -0.1) is 0 Å². The van der Waals surface area contributed by atoms with Gasteiger partial charge in [0, 0.05) is 0 Å². The van der Waals surface area contributed by atoms with Crippen molar-refractivity contribution in [1.82, 2.24) is 5.16 Å². The van der Waals surface area contributed by atoms with E-state index in [2.05, 4.69) is 9.68 Å². The summed E-state index contributed by atoms with van der Waals surface area (Å²) in [5.74, 6) is -1.03. The molecule has 66 valence electrons. The van der Waals surface area contributed by atoms with Gasteiger partial charge < -0.3 is 9.63 Å². The highest BCUT2D eigenvalue weighted by atomic mass is 16.5. The third kappa shape index (κ3) is 1.55. The molecule has 0 unspecified atom stereocenters. The predicted molar refractivity (Wildman–Crippen MR) is 40.0 cm³/mol. The van der Waals surface area contributed by atoms with Gasteiger partial charge in [-0.3, -0.25) is 4.79 Å². The number of carboxylic acid groups (broad SMARTS) is 1. The summed E-state index contributed by atoms with van der Waals surface area (Å²) in [5, 5.41) is 10.8. The van der Waals surface area contributed by atoms with E-state index < -0.39 is 11.6 Å². The number of rotatable bonds is 3. The molecule has 0 bridgehead atoms. The van der Waals surface area contributed by atoms with E-state index >= 15 is 0 Å². The molecule has 2 N–H and O–H groups in total. The van der Waals surface area contributed by atoms with Crippen molar-refractivity contribution in [3.05, 3.63) is 21.7 Å². The van der Waals surface area contributed by atoms with Crippen molar-refractivity contribution in [3.63, 3.8) is 0 Å². The number of aromatic amines is 1. The third-order valence-electron chi connectivity index (χ3n) is 1.56. The lowest BCUT2D eigenvalue weighted by Gasteiger charge is -1.91. The van der Waals surface area contributed by atoms with E-state index in [0.717, 1.165) is 0 Å². The highest BCUT2D eigenvalue weighted by molar-refractivity contribution is 5.70. The van der Waals surface area contributed by atoms with Gasteiger partial charge in [-0.1, -0.05) is 6.92 Å². The molecule has 0 saturated carbocycles. The second kappa shape index (κ2) is 3.25. The van der Waals surface area contributed by atoms with Gasteiger partial charge in [-0.25, -0.2) is 9.95 Å². The summed E-state index contributed by atoms with van der Waals surface area (Å²) in [6.07, 6.45) is 0.281. The molecule has 1 heterocycles. The number of hydrogen-bond acceptors (Lipinski definition) is 3. The van der Waals surface area contributed by atoms with Crippen LogP contribution in [0.3, 0.4) is 0 Å². The summed E-state index contributed by atoms with van der Waals surface area (Å²) in [6, 6.07) is 0. The van der Waals surface area contributed by atoms with Crippen LogP contribution in [0, 0.1) is 0 Å². The summed E-state index contributed by atoms with van der Waals surface area (Å²) in [5.41, 5.74) is 0.182. The van der Waals surface area contributed by atoms with E-state index in [1.165, 1.54) is 0 Å². The fourth-order valence-corrected chi connectivity index (χ4v) is 0.970. The molecule has 1 aromatic heterocycles. The number of aliphatic carboxylic acids is 1. The van der Waals surface area contributed by atoms with Gasteiger partial charge in [0.25, 0.3) is 0 Å². The molecule has 0 aromatic carbocycles. The molecule has 12 heavy (non-hydrogen) atoms. The van der Waals surface area contributed by atoms with Crippen LogP contribution >= 0.6 is 0 Å². The fourth-order valence-electron chi connectivity index (χ4n) is 0.970. The highest BCUT2D eigenvalue weighted by Crippen LogP contribution is 2.02. The molecule has 0 aliphatic heterocycles. The van der Waals surface area contributed by atoms with Gasteiger partial charge in [0.05, 0.1) is 17.7 Å². The zero-order valence-electron chi connectivity index (χ0n) is 6.59.